The predicted molar refractivity (Wildman–Crippen MR) is 113 cm³/mol. The molecular formula is C22H38N4O3. The number of hydrogen-bond donors (Lipinski definition) is 1. The van der Waals surface area contributed by atoms with E-state index < -0.39 is 5.60 Å². The molecule has 164 valence electrons. The van der Waals surface area contributed by atoms with Gasteiger partial charge in [-0.2, -0.15) is 0 Å². The van der Waals surface area contributed by atoms with Crippen LogP contribution in [0.3, 0.4) is 0 Å². The highest BCUT2D eigenvalue weighted by atomic mass is 16.6. The van der Waals surface area contributed by atoms with Crippen molar-refractivity contribution in [2.24, 2.45) is 0 Å². The number of amides is 1. The molecule has 0 bridgehead atoms. The van der Waals surface area contributed by atoms with Crippen molar-refractivity contribution in [2.75, 3.05) is 32.7 Å². The lowest BCUT2D eigenvalue weighted by molar-refractivity contribution is 0.0202. The molecule has 0 radical (unpaired) electrons. The molecular weight excluding hydrogens is 368 g/mol. The third-order valence-electron chi connectivity index (χ3n) is 5.83. The van der Waals surface area contributed by atoms with E-state index in [1.165, 1.54) is 0 Å². The van der Waals surface area contributed by atoms with E-state index in [0.717, 1.165) is 57.0 Å². The van der Waals surface area contributed by atoms with Crippen molar-refractivity contribution in [3.05, 3.63) is 17.7 Å². The monoisotopic (exact) mass is 406 g/mol. The number of carbonyl (C=O) groups excluding carboxylic acids is 1. The van der Waals surface area contributed by atoms with Gasteiger partial charge in [0.25, 0.3) is 0 Å². The number of likely N-dealkylation sites (tertiary alicyclic amines) is 2. The van der Waals surface area contributed by atoms with Gasteiger partial charge in [-0.25, -0.2) is 9.78 Å². The van der Waals surface area contributed by atoms with Gasteiger partial charge in [0.1, 0.15) is 11.4 Å². The van der Waals surface area contributed by atoms with E-state index in [0.29, 0.717) is 24.9 Å². The first kappa shape index (κ1) is 22.1. The molecule has 7 heteroatoms. The molecule has 0 aliphatic carbocycles. The fourth-order valence-electron chi connectivity index (χ4n) is 4.15. The number of rotatable bonds is 5. The third-order valence-corrected chi connectivity index (χ3v) is 5.83. The lowest BCUT2D eigenvalue weighted by Crippen LogP contribution is -2.41. The van der Waals surface area contributed by atoms with Gasteiger partial charge in [0.05, 0.1) is 11.8 Å². The van der Waals surface area contributed by atoms with Crippen LogP contribution in [-0.2, 0) is 11.3 Å². The second kappa shape index (κ2) is 9.04. The van der Waals surface area contributed by atoms with Crippen LogP contribution in [0.2, 0.25) is 0 Å². The molecule has 7 nitrogen and oxygen atoms in total. The van der Waals surface area contributed by atoms with Crippen molar-refractivity contribution in [3.8, 4) is 0 Å². The van der Waals surface area contributed by atoms with Crippen LogP contribution in [0.4, 0.5) is 4.79 Å². The lowest BCUT2D eigenvalue weighted by Gasteiger charge is -2.33. The van der Waals surface area contributed by atoms with Gasteiger partial charge in [-0.05, 0) is 46.0 Å². The molecule has 1 N–H and O–H groups in total. The topological polar surface area (TPSA) is 70.8 Å². The van der Waals surface area contributed by atoms with Crippen LogP contribution in [0.15, 0.2) is 6.20 Å². The molecule has 1 amide bonds. The lowest BCUT2D eigenvalue weighted by atomic mass is 9.96. The average molecular weight is 407 g/mol. The van der Waals surface area contributed by atoms with Crippen molar-refractivity contribution >= 4 is 6.09 Å². The summed E-state index contributed by atoms with van der Waals surface area (Å²) in [5.41, 5.74) is 0.676. The molecule has 2 aliphatic rings. The van der Waals surface area contributed by atoms with Gasteiger partial charge in [-0.3, -0.25) is 4.90 Å². The summed E-state index contributed by atoms with van der Waals surface area (Å²) in [5.74, 6) is 1.91. The van der Waals surface area contributed by atoms with E-state index in [1.807, 2.05) is 25.7 Å². The van der Waals surface area contributed by atoms with Crippen LogP contribution in [0.25, 0.3) is 0 Å². The maximum Gasteiger partial charge on any atom is 0.410 e. The fraction of sp³-hybridized carbons (Fsp3) is 0.818. The zero-order valence-corrected chi connectivity index (χ0v) is 18.7. The first-order valence-electron chi connectivity index (χ1n) is 11.1. The Morgan fingerprint density at radius 1 is 1.21 bits per heavy atom. The van der Waals surface area contributed by atoms with Gasteiger partial charge < -0.3 is 19.3 Å². The Kier molecular flexibility index (Phi) is 6.89. The number of aliphatic hydroxyl groups is 1. The summed E-state index contributed by atoms with van der Waals surface area (Å²) < 4.78 is 7.84. The molecule has 0 aromatic carbocycles. The predicted octanol–water partition coefficient (Wildman–Crippen LogP) is 3.19. The summed E-state index contributed by atoms with van der Waals surface area (Å²) in [7, 11) is 0. The Bertz CT molecular complexity index is 687. The Hall–Kier alpha value is -1.60. The van der Waals surface area contributed by atoms with Crippen molar-refractivity contribution in [2.45, 2.75) is 84.0 Å². The number of piperidine rings is 1. The molecule has 2 fully saturated rings. The van der Waals surface area contributed by atoms with Crippen LogP contribution in [0.5, 0.6) is 0 Å². The van der Waals surface area contributed by atoms with Gasteiger partial charge in [-0.15, -0.1) is 0 Å². The van der Waals surface area contributed by atoms with E-state index >= 15 is 0 Å². The highest BCUT2D eigenvalue weighted by Crippen LogP contribution is 2.30. The molecule has 2 aliphatic heterocycles. The first-order chi connectivity index (χ1) is 13.6. The number of nitrogens with zero attached hydrogens (tertiary/aromatic N) is 4. The van der Waals surface area contributed by atoms with E-state index in [-0.39, 0.29) is 12.2 Å². The quantitative estimate of drug-likeness (QED) is 0.813. The average Bonchev–Trinajstić information content (AvgIpc) is 3.25. The van der Waals surface area contributed by atoms with E-state index in [4.69, 9.17) is 9.72 Å². The number of aromatic nitrogens is 2. The fourth-order valence-corrected chi connectivity index (χ4v) is 4.15. The molecule has 0 saturated carbocycles. The SMILES string of the molecule is CC(C)c1cn(CCN2CC[C@@H](O)C2)c(C2CCN(C(=O)OC(C)(C)C)CC2)n1. The van der Waals surface area contributed by atoms with Crippen molar-refractivity contribution in [1.29, 1.82) is 0 Å². The summed E-state index contributed by atoms with van der Waals surface area (Å²) in [5, 5.41) is 9.77. The molecule has 0 spiro atoms. The number of hydrogen-bond acceptors (Lipinski definition) is 5. The minimum absolute atomic E-state index is 0.180. The zero-order valence-electron chi connectivity index (χ0n) is 18.7. The smallest absolute Gasteiger partial charge is 0.410 e. The van der Waals surface area contributed by atoms with Crippen molar-refractivity contribution < 1.29 is 14.6 Å². The molecule has 29 heavy (non-hydrogen) atoms. The number of β-amino-alcohol motifs (C(OH)–C–C–N with tert-alkyl or cyclic N) is 1. The molecule has 0 unspecified atom stereocenters. The van der Waals surface area contributed by atoms with Gasteiger partial charge >= 0.3 is 6.09 Å². The minimum atomic E-state index is -0.459. The van der Waals surface area contributed by atoms with E-state index in [2.05, 4.69) is 29.5 Å². The van der Waals surface area contributed by atoms with Crippen LogP contribution < -0.4 is 0 Å². The van der Waals surface area contributed by atoms with E-state index in [1.54, 1.807) is 0 Å². The highest BCUT2D eigenvalue weighted by molar-refractivity contribution is 5.68. The number of imidazole rings is 1. The molecule has 3 rings (SSSR count). The minimum Gasteiger partial charge on any atom is -0.444 e. The van der Waals surface area contributed by atoms with Crippen LogP contribution in [0.1, 0.15) is 77.2 Å². The first-order valence-corrected chi connectivity index (χ1v) is 11.1. The van der Waals surface area contributed by atoms with Crippen LogP contribution in [-0.4, -0.2) is 75.0 Å². The Morgan fingerprint density at radius 3 is 2.45 bits per heavy atom. The van der Waals surface area contributed by atoms with E-state index in [9.17, 15) is 9.90 Å². The summed E-state index contributed by atoms with van der Waals surface area (Å²) in [6.45, 7) is 15.1. The molecule has 1 atom stereocenters. The maximum atomic E-state index is 12.4. The molecule has 2 saturated heterocycles. The largest absolute Gasteiger partial charge is 0.444 e. The van der Waals surface area contributed by atoms with Crippen LogP contribution >= 0.6 is 0 Å². The molecule has 3 heterocycles. The second-order valence-corrected chi connectivity index (χ2v) is 9.86. The standard InChI is InChI=1S/C22H38N4O3/c1-16(2)19-15-26(13-12-24-9-8-18(27)14-24)20(23-19)17-6-10-25(11-7-17)21(28)29-22(3,4)5/h15-18,27H,6-14H2,1-5H3/t18-/m1/s1. The van der Waals surface area contributed by atoms with Crippen molar-refractivity contribution in [3.63, 3.8) is 0 Å². The number of aliphatic hydroxyl groups excluding tert-OH is 1. The summed E-state index contributed by atoms with van der Waals surface area (Å²) in [6.07, 6.45) is 4.51. The van der Waals surface area contributed by atoms with Crippen molar-refractivity contribution in [1.82, 2.24) is 19.4 Å². The molecule has 1 aromatic rings. The van der Waals surface area contributed by atoms with Gasteiger partial charge in [0, 0.05) is 51.4 Å². The summed E-state index contributed by atoms with van der Waals surface area (Å²) in [6, 6.07) is 0. The maximum absolute atomic E-state index is 12.4. The highest BCUT2D eigenvalue weighted by Gasteiger charge is 2.30. The Labute approximate surface area is 175 Å². The number of carbonyl (C=O) groups is 1. The third kappa shape index (κ3) is 5.95. The van der Waals surface area contributed by atoms with Gasteiger partial charge in [0.2, 0.25) is 0 Å². The summed E-state index contributed by atoms with van der Waals surface area (Å²) in [4.78, 5) is 21.5. The Balaban J connectivity index is 1.63. The second-order valence-electron chi connectivity index (χ2n) is 9.86. The molecule has 1 aromatic heterocycles. The summed E-state index contributed by atoms with van der Waals surface area (Å²) >= 11 is 0. The van der Waals surface area contributed by atoms with Gasteiger partial charge in [-0.1, -0.05) is 13.8 Å². The van der Waals surface area contributed by atoms with Crippen LogP contribution in [0, 0.1) is 0 Å². The van der Waals surface area contributed by atoms with Gasteiger partial charge in [0.15, 0.2) is 0 Å². The number of ether oxygens (including phenoxy) is 1. The Morgan fingerprint density at radius 2 is 1.90 bits per heavy atom. The normalized spacial score (nSPS) is 21.9. The zero-order chi connectivity index (χ0) is 21.2.